The maximum Gasteiger partial charge on any atom is 0.122 e. The summed E-state index contributed by atoms with van der Waals surface area (Å²) in [6.07, 6.45) is 5.06. The molecule has 118 valence electrons. The molecule has 1 aliphatic rings. The monoisotopic (exact) mass is 289 g/mol. The average Bonchev–Trinajstić information content (AvgIpc) is 2.52. The molecule has 1 aromatic carbocycles. The van der Waals surface area contributed by atoms with Crippen LogP contribution in [0.5, 0.6) is 5.75 Å². The molecule has 0 saturated heterocycles. The summed E-state index contributed by atoms with van der Waals surface area (Å²) in [7, 11) is 0. The fraction of sp³-hybridized carbons (Fsp3) is 0.684. The van der Waals surface area contributed by atoms with Crippen molar-refractivity contribution in [2.24, 2.45) is 11.8 Å². The molecular formula is C19H31NO. The Hall–Kier alpha value is -1.02. The van der Waals surface area contributed by atoms with Gasteiger partial charge in [-0.2, -0.15) is 0 Å². The lowest BCUT2D eigenvalue weighted by atomic mass is 9.71. The second-order valence-electron chi connectivity index (χ2n) is 6.48. The van der Waals surface area contributed by atoms with Crippen molar-refractivity contribution in [3.8, 4) is 5.75 Å². The van der Waals surface area contributed by atoms with Crippen molar-refractivity contribution in [3.05, 3.63) is 29.8 Å². The van der Waals surface area contributed by atoms with E-state index in [0.29, 0.717) is 5.92 Å². The topological polar surface area (TPSA) is 21.3 Å². The molecule has 1 N–H and O–H groups in total. The number of nitrogens with one attached hydrogen (secondary N) is 1. The normalized spacial score (nSPS) is 25.8. The molecule has 0 amide bonds. The maximum absolute atomic E-state index is 6.01. The first-order chi connectivity index (χ1) is 10.3. The van der Waals surface area contributed by atoms with E-state index in [9.17, 15) is 0 Å². The van der Waals surface area contributed by atoms with Gasteiger partial charge in [0.1, 0.15) is 5.75 Å². The van der Waals surface area contributed by atoms with Crippen molar-refractivity contribution < 1.29 is 4.74 Å². The van der Waals surface area contributed by atoms with Gasteiger partial charge >= 0.3 is 0 Å². The van der Waals surface area contributed by atoms with Gasteiger partial charge in [0, 0.05) is 0 Å². The molecule has 1 aromatic rings. The molecule has 1 aliphatic carbocycles. The van der Waals surface area contributed by atoms with E-state index >= 15 is 0 Å². The smallest absolute Gasteiger partial charge is 0.122 e. The Morgan fingerprint density at radius 3 is 2.76 bits per heavy atom. The number of hydrogen-bond donors (Lipinski definition) is 1. The van der Waals surface area contributed by atoms with Crippen molar-refractivity contribution >= 4 is 0 Å². The zero-order chi connectivity index (χ0) is 15.1. The van der Waals surface area contributed by atoms with Gasteiger partial charge in [-0.25, -0.2) is 0 Å². The molecule has 2 heteroatoms. The summed E-state index contributed by atoms with van der Waals surface area (Å²) in [5, 5.41) is 3.55. The van der Waals surface area contributed by atoms with Crippen LogP contribution in [0.15, 0.2) is 24.3 Å². The molecule has 0 heterocycles. The Kier molecular flexibility index (Phi) is 6.56. The van der Waals surface area contributed by atoms with Crippen molar-refractivity contribution in [1.82, 2.24) is 5.32 Å². The third kappa shape index (κ3) is 4.47. The van der Waals surface area contributed by atoms with Gasteiger partial charge in [0.25, 0.3) is 0 Å². The summed E-state index contributed by atoms with van der Waals surface area (Å²) >= 11 is 0. The summed E-state index contributed by atoms with van der Waals surface area (Å²) < 4.78 is 6.01. The molecule has 1 fully saturated rings. The van der Waals surface area contributed by atoms with Gasteiger partial charge in [-0.15, -0.1) is 0 Å². The standard InChI is InChI=1S/C19H31NO/c1-4-12-21-19-9-7-6-8-17(19)18-13-15(3)10-11-16(18)14-20-5-2/h6-9,15-16,18,20H,4-5,10-14H2,1-3H3. The summed E-state index contributed by atoms with van der Waals surface area (Å²) in [5.41, 5.74) is 1.43. The largest absolute Gasteiger partial charge is 0.493 e. The Balaban J connectivity index is 2.18. The van der Waals surface area contributed by atoms with E-state index in [0.717, 1.165) is 43.7 Å². The van der Waals surface area contributed by atoms with E-state index in [1.54, 1.807) is 0 Å². The third-order valence-corrected chi connectivity index (χ3v) is 4.69. The molecule has 1 saturated carbocycles. The maximum atomic E-state index is 6.01. The molecule has 2 nitrogen and oxygen atoms in total. The van der Waals surface area contributed by atoms with Crippen LogP contribution in [0, 0.1) is 11.8 Å². The van der Waals surface area contributed by atoms with Crippen molar-refractivity contribution in [2.75, 3.05) is 19.7 Å². The van der Waals surface area contributed by atoms with E-state index in [-0.39, 0.29) is 0 Å². The van der Waals surface area contributed by atoms with Crippen LogP contribution >= 0.6 is 0 Å². The van der Waals surface area contributed by atoms with Crippen LogP contribution < -0.4 is 10.1 Å². The van der Waals surface area contributed by atoms with Gasteiger partial charge in [-0.1, -0.05) is 45.4 Å². The number of benzene rings is 1. The summed E-state index contributed by atoms with van der Waals surface area (Å²) in [4.78, 5) is 0. The lowest BCUT2D eigenvalue weighted by Crippen LogP contribution is -2.31. The first kappa shape index (κ1) is 16.4. The quantitative estimate of drug-likeness (QED) is 0.791. The van der Waals surface area contributed by atoms with Gasteiger partial charge in [0.05, 0.1) is 6.61 Å². The van der Waals surface area contributed by atoms with Crippen LogP contribution in [-0.2, 0) is 0 Å². The molecule has 0 aliphatic heterocycles. The van der Waals surface area contributed by atoms with E-state index in [1.165, 1.54) is 24.8 Å². The van der Waals surface area contributed by atoms with Crippen LogP contribution in [0.25, 0.3) is 0 Å². The Bertz CT molecular complexity index is 416. The van der Waals surface area contributed by atoms with Gasteiger partial charge in [0.2, 0.25) is 0 Å². The molecule has 0 bridgehead atoms. The van der Waals surface area contributed by atoms with Crippen molar-refractivity contribution in [2.45, 2.75) is 52.4 Å². The lowest BCUT2D eigenvalue weighted by Gasteiger charge is -2.36. The fourth-order valence-electron chi connectivity index (χ4n) is 3.53. The highest BCUT2D eigenvalue weighted by atomic mass is 16.5. The van der Waals surface area contributed by atoms with Gasteiger partial charge in [-0.05, 0) is 61.7 Å². The molecule has 0 spiro atoms. The van der Waals surface area contributed by atoms with Crippen molar-refractivity contribution in [3.63, 3.8) is 0 Å². The summed E-state index contributed by atoms with van der Waals surface area (Å²) in [5.74, 6) is 3.32. The first-order valence-corrected chi connectivity index (χ1v) is 8.68. The molecule has 0 radical (unpaired) electrons. The minimum atomic E-state index is 0.640. The molecule has 0 aromatic heterocycles. The minimum absolute atomic E-state index is 0.640. The Morgan fingerprint density at radius 1 is 1.19 bits per heavy atom. The third-order valence-electron chi connectivity index (χ3n) is 4.69. The van der Waals surface area contributed by atoms with Crippen LogP contribution in [-0.4, -0.2) is 19.7 Å². The van der Waals surface area contributed by atoms with Crippen molar-refractivity contribution in [1.29, 1.82) is 0 Å². The fourth-order valence-corrected chi connectivity index (χ4v) is 3.53. The van der Waals surface area contributed by atoms with E-state index < -0.39 is 0 Å². The lowest BCUT2D eigenvalue weighted by molar-refractivity contribution is 0.234. The molecule has 3 unspecified atom stereocenters. The number of rotatable bonds is 7. The predicted molar refractivity (Wildman–Crippen MR) is 90.0 cm³/mol. The number of para-hydroxylation sites is 1. The SMILES string of the molecule is CCCOc1ccccc1C1CC(C)CCC1CNCC. The van der Waals surface area contributed by atoms with Gasteiger partial charge < -0.3 is 10.1 Å². The Labute approximate surface area is 130 Å². The summed E-state index contributed by atoms with van der Waals surface area (Å²) in [6.45, 7) is 9.77. The summed E-state index contributed by atoms with van der Waals surface area (Å²) in [6, 6.07) is 8.69. The zero-order valence-electron chi connectivity index (χ0n) is 13.9. The van der Waals surface area contributed by atoms with E-state index in [1.807, 2.05) is 0 Å². The second-order valence-corrected chi connectivity index (χ2v) is 6.48. The van der Waals surface area contributed by atoms with E-state index in [2.05, 4.69) is 50.4 Å². The first-order valence-electron chi connectivity index (χ1n) is 8.68. The highest BCUT2D eigenvalue weighted by molar-refractivity contribution is 5.37. The highest BCUT2D eigenvalue weighted by Gasteiger charge is 2.31. The predicted octanol–water partition coefficient (Wildman–Crippen LogP) is 4.60. The second kappa shape index (κ2) is 8.43. The molecule has 2 rings (SSSR count). The van der Waals surface area contributed by atoms with Crippen LogP contribution in [0.1, 0.15) is 57.9 Å². The number of ether oxygens (including phenoxy) is 1. The minimum Gasteiger partial charge on any atom is -0.493 e. The highest BCUT2D eigenvalue weighted by Crippen LogP contribution is 2.43. The van der Waals surface area contributed by atoms with Crippen LogP contribution in [0.3, 0.4) is 0 Å². The molecular weight excluding hydrogens is 258 g/mol. The van der Waals surface area contributed by atoms with Gasteiger partial charge in [0.15, 0.2) is 0 Å². The van der Waals surface area contributed by atoms with Crippen LogP contribution in [0.2, 0.25) is 0 Å². The Morgan fingerprint density at radius 2 is 2.00 bits per heavy atom. The van der Waals surface area contributed by atoms with E-state index in [4.69, 9.17) is 4.74 Å². The van der Waals surface area contributed by atoms with Crippen LogP contribution in [0.4, 0.5) is 0 Å². The average molecular weight is 289 g/mol. The molecule has 3 atom stereocenters. The molecule has 21 heavy (non-hydrogen) atoms. The van der Waals surface area contributed by atoms with Gasteiger partial charge in [-0.3, -0.25) is 0 Å². The zero-order valence-corrected chi connectivity index (χ0v) is 13.9. The number of hydrogen-bond acceptors (Lipinski definition) is 2.